The molecular formula is C16H20F6N2O2. The van der Waals surface area contributed by atoms with Crippen LogP contribution in [0, 0.1) is 0 Å². The highest BCUT2D eigenvalue weighted by atomic mass is 19.4. The largest absolute Gasteiger partial charge is 0.416 e. The zero-order valence-corrected chi connectivity index (χ0v) is 13.9. The van der Waals surface area contributed by atoms with Crippen molar-refractivity contribution < 1.29 is 36.3 Å². The first-order chi connectivity index (χ1) is 12.0. The van der Waals surface area contributed by atoms with Gasteiger partial charge in [-0.2, -0.15) is 26.3 Å². The third-order valence-electron chi connectivity index (χ3n) is 4.33. The van der Waals surface area contributed by atoms with Gasteiger partial charge in [0.05, 0.1) is 23.8 Å². The maximum absolute atomic E-state index is 12.9. The standard InChI is InChI=1S/C16H20F6N2O2/c1-9(26-8-14-3-2-13(24-25)7-23-14)10-4-11(15(17,18)19)6-12(5-10)16(20,21)22/h4-6,9,13-14,23-25H,2-3,7-8H2,1H3/t9-,13-,14-/m1/s1. The zero-order valence-electron chi connectivity index (χ0n) is 13.9. The highest BCUT2D eigenvalue weighted by molar-refractivity contribution is 5.34. The summed E-state index contributed by atoms with van der Waals surface area (Å²) in [4.78, 5) is 0. The first kappa shape index (κ1) is 20.9. The Balaban J connectivity index is 2.09. The molecule has 1 aliphatic heterocycles. The van der Waals surface area contributed by atoms with E-state index in [0.717, 1.165) is 0 Å². The van der Waals surface area contributed by atoms with E-state index in [9.17, 15) is 26.3 Å². The summed E-state index contributed by atoms with van der Waals surface area (Å²) >= 11 is 0. The van der Waals surface area contributed by atoms with E-state index in [1.807, 2.05) is 0 Å². The molecule has 0 amide bonds. The molecule has 3 N–H and O–H groups in total. The number of alkyl halides is 6. The van der Waals surface area contributed by atoms with E-state index in [4.69, 9.17) is 9.94 Å². The van der Waals surface area contributed by atoms with Crippen LogP contribution < -0.4 is 10.8 Å². The number of hydroxylamine groups is 1. The predicted octanol–water partition coefficient (Wildman–Crippen LogP) is 3.90. The number of rotatable bonds is 5. The van der Waals surface area contributed by atoms with Gasteiger partial charge in [-0.3, -0.25) is 0 Å². The third-order valence-corrected chi connectivity index (χ3v) is 4.33. The molecule has 0 unspecified atom stereocenters. The molecule has 0 aliphatic carbocycles. The summed E-state index contributed by atoms with van der Waals surface area (Å²) in [5, 5.41) is 11.9. The average molecular weight is 386 g/mol. The number of benzene rings is 1. The number of halogens is 6. The molecule has 1 heterocycles. The van der Waals surface area contributed by atoms with Crippen molar-refractivity contribution in [2.75, 3.05) is 13.2 Å². The lowest BCUT2D eigenvalue weighted by Crippen LogP contribution is -2.48. The summed E-state index contributed by atoms with van der Waals surface area (Å²) in [6.07, 6.45) is -9.37. The molecule has 148 valence electrons. The molecule has 0 radical (unpaired) electrons. The highest BCUT2D eigenvalue weighted by Gasteiger charge is 2.37. The maximum Gasteiger partial charge on any atom is 0.416 e. The van der Waals surface area contributed by atoms with Crippen molar-refractivity contribution in [3.05, 3.63) is 34.9 Å². The van der Waals surface area contributed by atoms with Crippen molar-refractivity contribution in [2.45, 2.75) is 50.3 Å². The van der Waals surface area contributed by atoms with Gasteiger partial charge in [-0.1, -0.05) is 0 Å². The number of ether oxygens (including phenoxy) is 1. The van der Waals surface area contributed by atoms with E-state index in [1.165, 1.54) is 6.92 Å². The molecule has 1 aromatic carbocycles. The van der Waals surface area contributed by atoms with Crippen LogP contribution in [0.3, 0.4) is 0 Å². The number of hydrogen-bond donors (Lipinski definition) is 3. The van der Waals surface area contributed by atoms with Crippen LogP contribution >= 0.6 is 0 Å². The fourth-order valence-electron chi connectivity index (χ4n) is 2.74. The molecule has 4 nitrogen and oxygen atoms in total. The lowest BCUT2D eigenvalue weighted by Gasteiger charge is -2.29. The number of nitrogens with one attached hydrogen (secondary N) is 2. The quantitative estimate of drug-likeness (QED) is 0.531. The average Bonchev–Trinajstić information content (AvgIpc) is 2.58. The Kier molecular flexibility index (Phi) is 6.54. The van der Waals surface area contributed by atoms with Gasteiger partial charge < -0.3 is 15.3 Å². The van der Waals surface area contributed by atoms with Crippen molar-refractivity contribution in [2.24, 2.45) is 0 Å². The van der Waals surface area contributed by atoms with Crippen molar-refractivity contribution in [3.8, 4) is 0 Å². The minimum absolute atomic E-state index is 0.0880. The normalized spacial score (nSPS) is 23.1. The van der Waals surface area contributed by atoms with Crippen LogP contribution in [-0.4, -0.2) is 30.4 Å². The molecule has 10 heteroatoms. The highest BCUT2D eigenvalue weighted by Crippen LogP contribution is 2.37. The van der Waals surface area contributed by atoms with E-state index >= 15 is 0 Å². The smallest absolute Gasteiger partial charge is 0.372 e. The molecule has 26 heavy (non-hydrogen) atoms. The van der Waals surface area contributed by atoms with Crippen LogP contribution in [0.15, 0.2) is 18.2 Å². The van der Waals surface area contributed by atoms with Crippen LogP contribution in [0.1, 0.15) is 42.6 Å². The molecule has 1 fully saturated rings. The summed E-state index contributed by atoms with van der Waals surface area (Å²) in [6, 6.07) is 1.28. The second-order valence-corrected chi connectivity index (χ2v) is 6.32. The van der Waals surface area contributed by atoms with Gasteiger partial charge in [0.2, 0.25) is 0 Å². The van der Waals surface area contributed by atoms with Crippen molar-refractivity contribution in [3.63, 3.8) is 0 Å². The number of piperidine rings is 1. The van der Waals surface area contributed by atoms with Gasteiger partial charge in [0.25, 0.3) is 0 Å². The molecule has 0 saturated carbocycles. The van der Waals surface area contributed by atoms with E-state index in [-0.39, 0.29) is 30.3 Å². The van der Waals surface area contributed by atoms with Gasteiger partial charge in [-0.25, -0.2) is 5.48 Å². The van der Waals surface area contributed by atoms with Crippen molar-refractivity contribution in [1.29, 1.82) is 0 Å². The van der Waals surface area contributed by atoms with E-state index in [2.05, 4.69) is 10.8 Å². The molecule has 0 bridgehead atoms. The fourth-order valence-corrected chi connectivity index (χ4v) is 2.74. The van der Waals surface area contributed by atoms with Crippen LogP contribution in [0.4, 0.5) is 26.3 Å². The molecular weight excluding hydrogens is 366 g/mol. The lowest BCUT2D eigenvalue weighted by atomic mass is 10.0. The Morgan fingerprint density at radius 3 is 2.12 bits per heavy atom. The SMILES string of the molecule is C[C@@H](OC[C@H]1CC[C@@H](NO)CN1)c1cc(C(F)(F)F)cc(C(F)(F)F)c1. The van der Waals surface area contributed by atoms with Crippen LogP contribution in [-0.2, 0) is 17.1 Å². The third kappa shape index (κ3) is 5.57. The zero-order chi connectivity index (χ0) is 19.5. The first-order valence-electron chi connectivity index (χ1n) is 8.04. The Labute approximate surface area is 146 Å². The molecule has 0 aromatic heterocycles. The Morgan fingerprint density at radius 2 is 1.69 bits per heavy atom. The van der Waals surface area contributed by atoms with Crippen LogP contribution in [0.25, 0.3) is 0 Å². The minimum atomic E-state index is -4.88. The van der Waals surface area contributed by atoms with Gasteiger partial charge in [0, 0.05) is 18.6 Å². The topological polar surface area (TPSA) is 53.5 Å². The predicted molar refractivity (Wildman–Crippen MR) is 80.5 cm³/mol. The number of hydrogen-bond acceptors (Lipinski definition) is 4. The Bertz CT molecular complexity index is 565. The van der Waals surface area contributed by atoms with E-state index in [1.54, 1.807) is 0 Å². The summed E-state index contributed by atoms with van der Waals surface area (Å²) in [5.74, 6) is 0. The molecule has 2 rings (SSSR count). The summed E-state index contributed by atoms with van der Waals surface area (Å²) in [6.45, 7) is 2.04. The maximum atomic E-state index is 12.9. The molecule has 1 aliphatic rings. The van der Waals surface area contributed by atoms with E-state index < -0.39 is 29.6 Å². The van der Waals surface area contributed by atoms with Gasteiger partial charge in [-0.15, -0.1) is 0 Å². The second kappa shape index (κ2) is 8.12. The van der Waals surface area contributed by atoms with Crippen molar-refractivity contribution >= 4 is 0 Å². The van der Waals surface area contributed by atoms with Crippen LogP contribution in [0.2, 0.25) is 0 Å². The summed E-state index contributed by atoms with van der Waals surface area (Å²) in [5.41, 5.74) is -0.755. The van der Waals surface area contributed by atoms with Crippen LogP contribution in [0.5, 0.6) is 0 Å². The summed E-state index contributed by atoms with van der Waals surface area (Å²) < 4.78 is 82.9. The van der Waals surface area contributed by atoms with Crippen molar-refractivity contribution in [1.82, 2.24) is 10.8 Å². The lowest BCUT2D eigenvalue weighted by molar-refractivity contribution is -0.143. The van der Waals surface area contributed by atoms with E-state index in [0.29, 0.717) is 31.5 Å². The Morgan fingerprint density at radius 1 is 1.12 bits per heavy atom. The first-order valence-corrected chi connectivity index (χ1v) is 8.04. The van der Waals surface area contributed by atoms with Gasteiger partial charge in [0.15, 0.2) is 0 Å². The van der Waals surface area contributed by atoms with Gasteiger partial charge in [-0.05, 0) is 43.5 Å². The molecule has 1 saturated heterocycles. The summed E-state index contributed by atoms with van der Waals surface area (Å²) in [7, 11) is 0. The van der Waals surface area contributed by atoms with Gasteiger partial charge in [0.1, 0.15) is 0 Å². The van der Waals surface area contributed by atoms with Gasteiger partial charge >= 0.3 is 12.4 Å². The molecule has 1 aromatic rings. The Hall–Kier alpha value is -1.36. The fraction of sp³-hybridized carbons (Fsp3) is 0.625. The molecule has 0 spiro atoms. The minimum Gasteiger partial charge on any atom is -0.372 e. The second-order valence-electron chi connectivity index (χ2n) is 6.32. The monoisotopic (exact) mass is 386 g/mol. The molecule has 3 atom stereocenters.